The van der Waals surface area contributed by atoms with Gasteiger partial charge in [-0.2, -0.15) is 21.0 Å². The van der Waals surface area contributed by atoms with E-state index in [1.807, 2.05) is 54.6 Å². The fourth-order valence-corrected chi connectivity index (χ4v) is 2.24. The van der Waals surface area contributed by atoms with Gasteiger partial charge in [0.1, 0.15) is 0 Å². The SMILES string of the molecule is N#CC1(C#N)C(C=Cc2ccccc2)C1(C#N)C#N. The Labute approximate surface area is 111 Å². The van der Waals surface area contributed by atoms with Gasteiger partial charge >= 0.3 is 0 Å². The smallest absolute Gasteiger partial charge is 0.184 e. The zero-order chi connectivity index (χ0) is 13.9. The molecule has 2 rings (SSSR count). The zero-order valence-corrected chi connectivity index (χ0v) is 9.91. The van der Waals surface area contributed by atoms with Gasteiger partial charge in [-0.25, -0.2) is 0 Å². The number of benzene rings is 1. The summed E-state index contributed by atoms with van der Waals surface area (Å²) in [7, 11) is 0. The highest BCUT2D eigenvalue weighted by Crippen LogP contribution is 2.68. The quantitative estimate of drug-likeness (QED) is 0.797. The number of rotatable bonds is 2. The van der Waals surface area contributed by atoms with Gasteiger partial charge in [0, 0.05) is 5.92 Å². The van der Waals surface area contributed by atoms with Gasteiger partial charge in [-0.05, 0) is 5.56 Å². The van der Waals surface area contributed by atoms with E-state index in [2.05, 4.69) is 0 Å². The lowest BCUT2D eigenvalue weighted by Crippen LogP contribution is -2.05. The second-order valence-corrected chi connectivity index (χ2v) is 4.31. The molecule has 0 heterocycles. The summed E-state index contributed by atoms with van der Waals surface area (Å²) in [5, 5.41) is 36.5. The van der Waals surface area contributed by atoms with Gasteiger partial charge < -0.3 is 0 Å². The first-order valence-electron chi connectivity index (χ1n) is 5.59. The highest BCUT2D eigenvalue weighted by molar-refractivity contribution is 5.59. The maximum atomic E-state index is 9.11. The monoisotopic (exact) mass is 244 g/mol. The summed E-state index contributed by atoms with van der Waals surface area (Å²) < 4.78 is 0. The van der Waals surface area contributed by atoms with Gasteiger partial charge in [0.05, 0.1) is 24.3 Å². The average Bonchev–Trinajstić information content (AvgIpc) is 3.07. The Hall–Kier alpha value is -3.08. The summed E-state index contributed by atoms with van der Waals surface area (Å²) in [6.45, 7) is 0. The first-order valence-corrected chi connectivity index (χ1v) is 5.59. The van der Waals surface area contributed by atoms with Gasteiger partial charge in [-0.1, -0.05) is 42.5 Å². The number of hydrogen-bond acceptors (Lipinski definition) is 4. The third-order valence-corrected chi connectivity index (χ3v) is 3.46. The fourth-order valence-electron chi connectivity index (χ4n) is 2.24. The molecule has 0 N–H and O–H groups in total. The molecule has 0 bridgehead atoms. The van der Waals surface area contributed by atoms with Crippen LogP contribution in [0.25, 0.3) is 6.08 Å². The van der Waals surface area contributed by atoms with Gasteiger partial charge in [0.2, 0.25) is 0 Å². The molecule has 4 nitrogen and oxygen atoms in total. The van der Waals surface area contributed by atoms with Crippen LogP contribution in [0.1, 0.15) is 5.56 Å². The molecule has 0 aliphatic heterocycles. The molecule has 0 atom stereocenters. The van der Waals surface area contributed by atoms with Crippen molar-refractivity contribution in [2.45, 2.75) is 0 Å². The van der Waals surface area contributed by atoms with Gasteiger partial charge in [-0.3, -0.25) is 0 Å². The highest BCUT2D eigenvalue weighted by Gasteiger charge is 2.80. The number of nitriles is 4. The maximum absolute atomic E-state index is 9.11. The van der Waals surface area contributed by atoms with E-state index in [0.717, 1.165) is 5.56 Å². The minimum Gasteiger partial charge on any atom is -0.196 e. The Morgan fingerprint density at radius 1 is 0.842 bits per heavy atom. The number of hydrogen-bond donors (Lipinski definition) is 0. The first-order chi connectivity index (χ1) is 9.20. The largest absolute Gasteiger partial charge is 0.196 e. The molecule has 1 aliphatic rings. The minimum absolute atomic E-state index is 0.676. The Morgan fingerprint density at radius 2 is 1.32 bits per heavy atom. The van der Waals surface area contributed by atoms with Crippen molar-refractivity contribution in [3.8, 4) is 24.3 Å². The van der Waals surface area contributed by atoms with E-state index < -0.39 is 16.7 Å². The Morgan fingerprint density at radius 3 is 1.74 bits per heavy atom. The van der Waals surface area contributed by atoms with E-state index in [1.54, 1.807) is 12.2 Å². The lowest BCUT2D eigenvalue weighted by molar-refractivity contribution is 0.727. The van der Waals surface area contributed by atoms with Crippen LogP contribution < -0.4 is 0 Å². The summed E-state index contributed by atoms with van der Waals surface area (Å²) in [6, 6.07) is 16.6. The number of allylic oxidation sites excluding steroid dienone is 1. The Balaban J connectivity index is 2.36. The van der Waals surface area contributed by atoms with Crippen molar-refractivity contribution in [3.05, 3.63) is 42.0 Å². The molecular formula is C15H8N4. The standard InChI is InChI=1S/C15H8N4/c16-8-14(9-17)13(15(14,10-18)11-19)7-6-12-4-2-1-3-5-12/h1-7,13H. The molecule has 0 amide bonds. The van der Waals surface area contributed by atoms with Crippen LogP contribution in [0, 0.1) is 62.1 Å². The molecule has 88 valence electrons. The van der Waals surface area contributed by atoms with Crippen molar-refractivity contribution in [1.82, 2.24) is 0 Å². The summed E-state index contributed by atoms with van der Waals surface area (Å²) in [5.41, 5.74) is -2.22. The van der Waals surface area contributed by atoms with Crippen LogP contribution >= 0.6 is 0 Å². The molecule has 1 aromatic rings. The van der Waals surface area contributed by atoms with Gasteiger partial charge in [-0.15, -0.1) is 0 Å². The first kappa shape index (κ1) is 12.4. The lowest BCUT2D eigenvalue weighted by atomic mass is 9.98. The molecule has 0 spiro atoms. The van der Waals surface area contributed by atoms with Crippen molar-refractivity contribution >= 4 is 6.08 Å². The molecule has 19 heavy (non-hydrogen) atoms. The summed E-state index contributed by atoms with van der Waals surface area (Å²) in [6.07, 6.45) is 3.33. The molecule has 0 aromatic heterocycles. The van der Waals surface area contributed by atoms with Crippen molar-refractivity contribution < 1.29 is 0 Å². The van der Waals surface area contributed by atoms with Crippen LogP contribution in [0.2, 0.25) is 0 Å². The van der Waals surface area contributed by atoms with E-state index in [9.17, 15) is 0 Å². The van der Waals surface area contributed by atoms with Crippen molar-refractivity contribution in [3.63, 3.8) is 0 Å². The molecule has 0 radical (unpaired) electrons. The van der Waals surface area contributed by atoms with Crippen molar-refractivity contribution in [2.75, 3.05) is 0 Å². The molecule has 0 unspecified atom stereocenters. The highest BCUT2D eigenvalue weighted by atomic mass is 14.8. The molecule has 0 saturated heterocycles. The van der Waals surface area contributed by atoms with E-state index in [4.69, 9.17) is 21.0 Å². The van der Waals surface area contributed by atoms with Crippen LogP contribution in [-0.4, -0.2) is 0 Å². The lowest BCUT2D eigenvalue weighted by Gasteiger charge is -1.92. The van der Waals surface area contributed by atoms with E-state index >= 15 is 0 Å². The molecular weight excluding hydrogens is 236 g/mol. The molecule has 4 heteroatoms. The van der Waals surface area contributed by atoms with Gasteiger partial charge in [0.25, 0.3) is 0 Å². The molecule has 1 aliphatic carbocycles. The topological polar surface area (TPSA) is 95.2 Å². The zero-order valence-electron chi connectivity index (χ0n) is 9.91. The second kappa shape index (κ2) is 4.30. The molecule has 1 fully saturated rings. The van der Waals surface area contributed by atoms with Crippen molar-refractivity contribution in [1.29, 1.82) is 21.0 Å². The van der Waals surface area contributed by atoms with E-state index in [-0.39, 0.29) is 0 Å². The second-order valence-electron chi connectivity index (χ2n) is 4.31. The van der Waals surface area contributed by atoms with Crippen LogP contribution in [0.4, 0.5) is 0 Å². The predicted octanol–water partition coefficient (Wildman–Crippen LogP) is 2.40. The average molecular weight is 244 g/mol. The fraction of sp³-hybridized carbons (Fsp3) is 0.200. The van der Waals surface area contributed by atoms with Crippen LogP contribution in [0.3, 0.4) is 0 Å². The van der Waals surface area contributed by atoms with E-state index in [0.29, 0.717) is 0 Å². The Kier molecular flexibility index (Phi) is 2.80. The van der Waals surface area contributed by atoms with Crippen LogP contribution in [-0.2, 0) is 0 Å². The normalized spacial score (nSPS) is 18.7. The Bertz CT molecular complexity index is 623. The minimum atomic E-state index is -1.55. The third kappa shape index (κ3) is 1.49. The van der Waals surface area contributed by atoms with Crippen LogP contribution in [0.5, 0.6) is 0 Å². The summed E-state index contributed by atoms with van der Waals surface area (Å²) in [4.78, 5) is 0. The summed E-state index contributed by atoms with van der Waals surface area (Å²) in [5.74, 6) is -0.676. The maximum Gasteiger partial charge on any atom is 0.184 e. The summed E-state index contributed by atoms with van der Waals surface area (Å²) >= 11 is 0. The predicted molar refractivity (Wildman–Crippen MR) is 66.3 cm³/mol. The number of nitrogens with zero attached hydrogens (tertiary/aromatic N) is 4. The third-order valence-electron chi connectivity index (χ3n) is 3.46. The van der Waals surface area contributed by atoms with Crippen LogP contribution in [0.15, 0.2) is 36.4 Å². The van der Waals surface area contributed by atoms with Crippen molar-refractivity contribution in [2.24, 2.45) is 16.7 Å². The molecule has 1 saturated carbocycles. The van der Waals surface area contributed by atoms with Gasteiger partial charge in [0.15, 0.2) is 10.8 Å². The van der Waals surface area contributed by atoms with E-state index in [1.165, 1.54) is 0 Å². The molecule has 1 aromatic carbocycles.